The van der Waals surface area contributed by atoms with Crippen molar-refractivity contribution in [3.8, 4) is 0 Å². The van der Waals surface area contributed by atoms with Crippen molar-refractivity contribution >= 4 is 5.91 Å². The van der Waals surface area contributed by atoms with E-state index in [-0.39, 0.29) is 24.2 Å². The quantitative estimate of drug-likeness (QED) is 0.832. The molecule has 2 aliphatic rings. The lowest BCUT2D eigenvalue weighted by molar-refractivity contribution is -0.148. The molecule has 0 aromatic heterocycles. The van der Waals surface area contributed by atoms with Gasteiger partial charge in [-0.2, -0.15) is 0 Å². The second kappa shape index (κ2) is 6.53. The summed E-state index contributed by atoms with van der Waals surface area (Å²) in [4.78, 5) is 14.0. The Bertz CT molecular complexity index is 276. The Hall–Kier alpha value is -0.610. The minimum atomic E-state index is -0.346. The summed E-state index contributed by atoms with van der Waals surface area (Å²) in [6.45, 7) is 3.14. The van der Waals surface area contributed by atoms with Crippen molar-refractivity contribution in [2.75, 3.05) is 13.1 Å². The van der Waals surface area contributed by atoms with Crippen LogP contribution in [0.25, 0.3) is 0 Å². The van der Waals surface area contributed by atoms with Crippen molar-refractivity contribution < 1.29 is 14.6 Å². The molecule has 2 atom stereocenters. The maximum Gasteiger partial charge on any atom is 0.251 e. The van der Waals surface area contributed by atoms with E-state index in [9.17, 15) is 9.90 Å². The van der Waals surface area contributed by atoms with E-state index in [0.29, 0.717) is 19.5 Å². The smallest absolute Gasteiger partial charge is 0.251 e. The molecule has 1 saturated heterocycles. The van der Waals surface area contributed by atoms with Gasteiger partial charge in [0, 0.05) is 13.1 Å². The first-order valence-corrected chi connectivity index (χ1v) is 7.33. The lowest BCUT2D eigenvalue weighted by atomic mass is 9.97. The van der Waals surface area contributed by atoms with Crippen LogP contribution in [0.2, 0.25) is 0 Å². The van der Waals surface area contributed by atoms with Crippen molar-refractivity contribution in [3.05, 3.63) is 0 Å². The summed E-state index contributed by atoms with van der Waals surface area (Å²) in [6, 6.07) is 0. The Balaban J connectivity index is 1.85. The minimum Gasteiger partial charge on any atom is -0.391 e. The number of aliphatic hydroxyl groups is 1. The predicted octanol–water partition coefficient (Wildman–Crippen LogP) is 1.71. The number of rotatable bonds is 4. The topological polar surface area (TPSA) is 49.8 Å². The normalized spacial score (nSPS) is 27.4. The number of aliphatic hydroxyl groups excluding tert-OH is 1. The standard InChI is InChI=1S/C14H25NO3/c1-2-13(18-12-6-4-3-5-7-12)14(17)15-9-8-11(16)10-15/h11-13,16H,2-10H2,1H3/t11-,13?/m1/s1. The van der Waals surface area contributed by atoms with Crippen molar-refractivity contribution in [2.45, 2.75) is 70.2 Å². The van der Waals surface area contributed by atoms with Gasteiger partial charge in [-0.15, -0.1) is 0 Å². The molecule has 1 aliphatic carbocycles. The van der Waals surface area contributed by atoms with Crippen LogP contribution in [0.15, 0.2) is 0 Å². The average molecular weight is 255 g/mol. The number of nitrogens with zero attached hydrogens (tertiary/aromatic N) is 1. The number of β-amino-alcohol motifs (C(OH)–C–C–N with tert-alkyl or cyclic N) is 1. The van der Waals surface area contributed by atoms with Crippen LogP contribution in [0.4, 0.5) is 0 Å². The third kappa shape index (κ3) is 3.45. The van der Waals surface area contributed by atoms with E-state index in [1.807, 2.05) is 6.92 Å². The first kappa shape index (κ1) is 13.8. The van der Waals surface area contributed by atoms with Gasteiger partial charge in [0.05, 0.1) is 12.2 Å². The zero-order valence-corrected chi connectivity index (χ0v) is 11.3. The summed E-state index contributed by atoms with van der Waals surface area (Å²) in [5.41, 5.74) is 0. The van der Waals surface area contributed by atoms with Crippen LogP contribution in [-0.2, 0) is 9.53 Å². The lowest BCUT2D eigenvalue weighted by Gasteiger charge is -2.29. The van der Waals surface area contributed by atoms with Crippen LogP contribution in [0.3, 0.4) is 0 Å². The number of amides is 1. The number of carbonyl (C=O) groups is 1. The fourth-order valence-corrected chi connectivity index (χ4v) is 2.91. The van der Waals surface area contributed by atoms with Crippen LogP contribution < -0.4 is 0 Å². The highest BCUT2D eigenvalue weighted by molar-refractivity contribution is 5.81. The van der Waals surface area contributed by atoms with Gasteiger partial charge in [-0.05, 0) is 25.7 Å². The van der Waals surface area contributed by atoms with Gasteiger partial charge in [0.1, 0.15) is 6.10 Å². The lowest BCUT2D eigenvalue weighted by Crippen LogP contribution is -2.41. The van der Waals surface area contributed by atoms with Crippen LogP contribution in [0.5, 0.6) is 0 Å². The number of carbonyl (C=O) groups excluding carboxylic acids is 1. The Morgan fingerprint density at radius 2 is 2.06 bits per heavy atom. The predicted molar refractivity (Wildman–Crippen MR) is 69.2 cm³/mol. The molecule has 0 spiro atoms. The Morgan fingerprint density at radius 3 is 2.61 bits per heavy atom. The van der Waals surface area contributed by atoms with Crippen LogP contribution in [0, 0.1) is 0 Å². The zero-order chi connectivity index (χ0) is 13.0. The van der Waals surface area contributed by atoms with Gasteiger partial charge in [0.2, 0.25) is 0 Å². The highest BCUT2D eigenvalue weighted by atomic mass is 16.5. The van der Waals surface area contributed by atoms with Gasteiger partial charge in [-0.25, -0.2) is 0 Å². The molecule has 0 radical (unpaired) electrons. The largest absolute Gasteiger partial charge is 0.391 e. The molecule has 1 saturated carbocycles. The number of hydrogen-bond donors (Lipinski definition) is 1. The molecule has 1 N–H and O–H groups in total. The summed E-state index contributed by atoms with van der Waals surface area (Å²) in [5.74, 6) is 0.0691. The van der Waals surface area contributed by atoms with Gasteiger partial charge in [0.15, 0.2) is 0 Å². The van der Waals surface area contributed by atoms with Gasteiger partial charge < -0.3 is 14.7 Å². The molecule has 1 heterocycles. The van der Waals surface area contributed by atoms with Gasteiger partial charge in [-0.3, -0.25) is 4.79 Å². The van der Waals surface area contributed by atoms with Crippen molar-refractivity contribution in [1.82, 2.24) is 4.90 Å². The van der Waals surface area contributed by atoms with Gasteiger partial charge >= 0.3 is 0 Å². The van der Waals surface area contributed by atoms with Gasteiger partial charge in [-0.1, -0.05) is 26.2 Å². The van der Waals surface area contributed by atoms with Crippen molar-refractivity contribution in [3.63, 3.8) is 0 Å². The molecule has 2 fully saturated rings. The highest BCUT2D eigenvalue weighted by Gasteiger charge is 2.31. The molecule has 1 amide bonds. The van der Waals surface area contributed by atoms with Crippen molar-refractivity contribution in [2.24, 2.45) is 0 Å². The van der Waals surface area contributed by atoms with E-state index < -0.39 is 0 Å². The fraction of sp³-hybridized carbons (Fsp3) is 0.929. The van der Waals surface area contributed by atoms with Crippen LogP contribution >= 0.6 is 0 Å². The molecular weight excluding hydrogens is 230 g/mol. The fourth-order valence-electron chi connectivity index (χ4n) is 2.91. The van der Waals surface area contributed by atoms with Crippen LogP contribution in [0.1, 0.15) is 51.9 Å². The number of likely N-dealkylation sites (tertiary alicyclic amines) is 1. The number of hydrogen-bond acceptors (Lipinski definition) is 3. The minimum absolute atomic E-state index is 0.0691. The third-order valence-electron chi connectivity index (χ3n) is 4.03. The summed E-state index contributed by atoms with van der Waals surface area (Å²) in [5, 5.41) is 9.49. The first-order valence-electron chi connectivity index (χ1n) is 7.33. The Labute approximate surface area is 109 Å². The molecular formula is C14H25NO3. The Kier molecular flexibility index (Phi) is 5.01. The molecule has 18 heavy (non-hydrogen) atoms. The first-order chi connectivity index (χ1) is 8.70. The monoisotopic (exact) mass is 255 g/mol. The zero-order valence-electron chi connectivity index (χ0n) is 11.3. The van der Waals surface area contributed by atoms with Crippen LogP contribution in [-0.4, -0.2) is 47.3 Å². The molecule has 4 nitrogen and oxygen atoms in total. The van der Waals surface area contributed by atoms with E-state index in [4.69, 9.17) is 4.74 Å². The third-order valence-corrected chi connectivity index (χ3v) is 4.03. The molecule has 104 valence electrons. The second-order valence-corrected chi connectivity index (χ2v) is 5.52. The summed E-state index contributed by atoms with van der Waals surface area (Å²) < 4.78 is 5.98. The second-order valence-electron chi connectivity index (χ2n) is 5.52. The molecule has 0 bridgehead atoms. The molecule has 2 rings (SSSR count). The summed E-state index contributed by atoms with van der Waals surface area (Å²) >= 11 is 0. The van der Waals surface area contributed by atoms with E-state index in [2.05, 4.69) is 0 Å². The maximum absolute atomic E-state index is 12.3. The average Bonchev–Trinajstić information content (AvgIpc) is 2.83. The number of ether oxygens (including phenoxy) is 1. The van der Waals surface area contributed by atoms with E-state index in [1.165, 1.54) is 19.3 Å². The van der Waals surface area contributed by atoms with Crippen molar-refractivity contribution in [1.29, 1.82) is 0 Å². The highest BCUT2D eigenvalue weighted by Crippen LogP contribution is 2.23. The van der Waals surface area contributed by atoms with Gasteiger partial charge in [0.25, 0.3) is 5.91 Å². The molecule has 1 aliphatic heterocycles. The molecule has 1 unspecified atom stereocenters. The summed E-state index contributed by atoms with van der Waals surface area (Å²) in [6.07, 6.45) is 6.95. The maximum atomic E-state index is 12.3. The van der Waals surface area contributed by atoms with E-state index in [0.717, 1.165) is 19.3 Å². The molecule has 0 aromatic carbocycles. The van der Waals surface area contributed by atoms with E-state index in [1.54, 1.807) is 4.90 Å². The molecule has 0 aromatic rings. The Morgan fingerprint density at radius 1 is 1.33 bits per heavy atom. The van der Waals surface area contributed by atoms with E-state index >= 15 is 0 Å². The SMILES string of the molecule is CCC(OC1CCCCC1)C(=O)N1CC[C@@H](O)C1. The summed E-state index contributed by atoms with van der Waals surface area (Å²) in [7, 11) is 0. The molecule has 4 heteroatoms.